The van der Waals surface area contributed by atoms with E-state index < -0.39 is 0 Å². The molecule has 0 saturated heterocycles. The third-order valence-corrected chi connectivity index (χ3v) is 4.76. The second-order valence-electron chi connectivity index (χ2n) is 5.62. The van der Waals surface area contributed by atoms with Gasteiger partial charge in [0.1, 0.15) is 16.9 Å². The Morgan fingerprint density at radius 3 is 2.72 bits per heavy atom. The van der Waals surface area contributed by atoms with E-state index in [2.05, 4.69) is 52.6 Å². The van der Waals surface area contributed by atoms with Gasteiger partial charge in [-0.25, -0.2) is 9.97 Å². The summed E-state index contributed by atoms with van der Waals surface area (Å²) >= 11 is 1.56. The van der Waals surface area contributed by atoms with Gasteiger partial charge in [-0.1, -0.05) is 35.9 Å². The molecule has 120 valence electrons. The van der Waals surface area contributed by atoms with E-state index in [1.165, 1.54) is 11.9 Å². The van der Waals surface area contributed by atoms with E-state index >= 15 is 0 Å². The molecule has 0 unspecified atom stereocenters. The molecule has 0 spiro atoms. The van der Waals surface area contributed by atoms with E-state index in [0.717, 1.165) is 21.3 Å². The number of benzene rings is 2. The number of thiophene rings is 1. The van der Waals surface area contributed by atoms with Gasteiger partial charge < -0.3 is 4.74 Å². The second kappa shape index (κ2) is 6.34. The van der Waals surface area contributed by atoms with Gasteiger partial charge in [-0.3, -0.25) is 0 Å². The van der Waals surface area contributed by atoms with Gasteiger partial charge in [-0.15, -0.1) is 11.3 Å². The highest BCUT2D eigenvalue weighted by Gasteiger charge is 2.15. The Morgan fingerprint density at radius 1 is 1.08 bits per heavy atom. The summed E-state index contributed by atoms with van der Waals surface area (Å²) in [5, 5.41) is 12.0. The molecule has 2 aromatic heterocycles. The Morgan fingerprint density at radius 2 is 1.92 bits per heavy atom. The normalized spacial score (nSPS) is 10.6. The smallest absolute Gasteiger partial charge is 0.231 e. The molecule has 2 heterocycles. The molecule has 0 radical (unpaired) electrons. The molecule has 0 aliphatic rings. The van der Waals surface area contributed by atoms with Crippen LogP contribution in [0.1, 0.15) is 11.1 Å². The number of nitrogens with zero attached hydrogens (tertiary/aromatic N) is 3. The summed E-state index contributed by atoms with van der Waals surface area (Å²) in [6.07, 6.45) is 1.50. The van der Waals surface area contributed by atoms with Gasteiger partial charge in [0.15, 0.2) is 0 Å². The highest BCUT2D eigenvalue weighted by Crippen LogP contribution is 2.39. The van der Waals surface area contributed by atoms with Crippen LogP contribution in [-0.2, 0) is 0 Å². The molecule has 0 amide bonds. The summed E-state index contributed by atoms with van der Waals surface area (Å²) in [5.41, 5.74) is 3.91. The number of ether oxygens (including phenoxy) is 1. The molecule has 4 nitrogen and oxygen atoms in total. The van der Waals surface area contributed by atoms with E-state index in [4.69, 9.17) is 10.00 Å². The van der Waals surface area contributed by atoms with Gasteiger partial charge in [-0.2, -0.15) is 5.26 Å². The third-order valence-electron chi connectivity index (χ3n) is 3.88. The number of aryl methyl sites for hydroxylation is 1. The van der Waals surface area contributed by atoms with Crippen molar-refractivity contribution in [1.29, 1.82) is 5.26 Å². The molecule has 2 aromatic carbocycles. The number of fused-ring (bicyclic) bond motifs is 1. The van der Waals surface area contributed by atoms with Crippen LogP contribution in [0.5, 0.6) is 11.6 Å². The lowest BCUT2D eigenvalue weighted by atomic mass is 10.0. The fraction of sp³-hybridized carbons (Fsp3) is 0.0500. The van der Waals surface area contributed by atoms with Crippen LogP contribution >= 0.6 is 11.3 Å². The number of nitriles is 1. The maximum Gasteiger partial charge on any atom is 0.231 e. The van der Waals surface area contributed by atoms with Gasteiger partial charge >= 0.3 is 0 Å². The molecule has 0 fully saturated rings. The molecular formula is C20H13N3OS. The highest BCUT2D eigenvalue weighted by molar-refractivity contribution is 7.17. The minimum Gasteiger partial charge on any atom is -0.438 e. The van der Waals surface area contributed by atoms with Crippen LogP contribution in [0, 0.1) is 18.3 Å². The van der Waals surface area contributed by atoms with Crippen LogP contribution in [0.3, 0.4) is 0 Å². The third kappa shape index (κ3) is 2.95. The average molecular weight is 343 g/mol. The molecule has 0 N–H and O–H groups in total. The molecule has 0 saturated carbocycles. The van der Waals surface area contributed by atoms with Crippen molar-refractivity contribution in [2.24, 2.45) is 0 Å². The molecule has 25 heavy (non-hydrogen) atoms. The van der Waals surface area contributed by atoms with Crippen molar-refractivity contribution in [3.05, 3.63) is 71.4 Å². The molecule has 0 bridgehead atoms. The number of rotatable bonds is 3. The van der Waals surface area contributed by atoms with Crippen molar-refractivity contribution < 1.29 is 4.74 Å². The fourth-order valence-corrected chi connectivity index (χ4v) is 3.52. The van der Waals surface area contributed by atoms with E-state index in [1.807, 2.05) is 6.07 Å². The first-order valence-corrected chi connectivity index (χ1v) is 8.60. The zero-order valence-electron chi connectivity index (χ0n) is 13.4. The molecule has 0 aliphatic carbocycles. The van der Waals surface area contributed by atoms with Gasteiger partial charge in [0.25, 0.3) is 0 Å². The molecule has 0 atom stereocenters. The van der Waals surface area contributed by atoms with Crippen LogP contribution in [0.25, 0.3) is 21.3 Å². The summed E-state index contributed by atoms with van der Waals surface area (Å²) in [6, 6.07) is 17.5. The molecule has 5 heteroatoms. The zero-order valence-corrected chi connectivity index (χ0v) is 14.2. The van der Waals surface area contributed by atoms with E-state index in [9.17, 15) is 0 Å². The minimum atomic E-state index is 0.497. The topological polar surface area (TPSA) is 58.8 Å². The van der Waals surface area contributed by atoms with Crippen molar-refractivity contribution in [2.45, 2.75) is 6.92 Å². The van der Waals surface area contributed by atoms with Gasteiger partial charge in [0.05, 0.1) is 17.0 Å². The summed E-state index contributed by atoms with van der Waals surface area (Å²) < 4.78 is 5.98. The first-order chi connectivity index (χ1) is 12.2. The minimum absolute atomic E-state index is 0.497. The summed E-state index contributed by atoms with van der Waals surface area (Å²) in [7, 11) is 0. The highest BCUT2D eigenvalue weighted by atomic mass is 32.1. The maximum absolute atomic E-state index is 9.05. The quantitative estimate of drug-likeness (QED) is 0.504. The summed E-state index contributed by atoms with van der Waals surface area (Å²) in [6.45, 7) is 2.06. The molecular weight excluding hydrogens is 330 g/mol. The van der Waals surface area contributed by atoms with Gasteiger partial charge in [0, 0.05) is 10.9 Å². The SMILES string of the molecule is Cc1ccc(-c2csc3ncnc(Oc4cccc(C#N)c4)c23)cc1. The average Bonchev–Trinajstić information content (AvgIpc) is 3.08. The largest absolute Gasteiger partial charge is 0.438 e. The lowest BCUT2D eigenvalue weighted by Gasteiger charge is -2.08. The van der Waals surface area contributed by atoms with Crippen molar-refractivity contribution >= 4 is 21.6 Å². The molecule has 4 aromatic rings. The predicted octanol–water partition coefficient (Wildman–Crippen LogP) is 5.33. The lowest BCUT2D eigenvalue weighted by Crippen LogP contribution is -1.91. The Labute approximate surface area is 149 Å². The van der Waals surface area contributed by atoms with E-state index in [1.54, 1.807) is 29.5 Å². The van der Waals surface area contributed by atoms with Crippen molar-refractivity contribution in [3.8, 4) is 28.8 Å². The number of hydrogen-bond donors (Lipinski definition) is 0. The van der Waals surface area contributed by atoms with Crippen LogP contribution in [0.4, 0.5) is 0 Å². The maximum atomic E-state index is 9.05. The van der Waals surface area contributed by atoms with Gasteiger partial charge in [0.2, 0.25) is 5.88 Å². The summed E-state index contributed by atoms with van der Waals surface area (Å²) in [5.74, 6) is 1.08. The van der Waals surface area contributed by atoms with Crippen molar-refractivity contribution in [3.63, 3.8) is 0 Å². The summed E-state index contributed by atoms with van der Waals surface area (Å²) in [4.78, 5) is 9.55. The van der Waals surface area contributed by atoms with Crippen molar-refractivity contribution in [1.82, 2.24) is 9.97 Å². The first kappa shape index (κ1) is 15.3. The fourth-order valence-electron chi connectivity index (χ4n) is 2.61. The lowest BCUT2D eigenvalue weighted by molar-refractivity contribution is 0.468. The number of hydrogen-bond acceptors (Lipinski definition) is 5. The van der Waals surface area contributed by atoms with Gasteiger partial charge in [-0.05, 0) is 30.7 Å². The zero-order chi connectivity index (χ0) is 17.2. The number of aromatic nitrogens is 2. The standard InChI is InChI=1S/C20H13N3OS/c1-13-5-7-15(8-6-13)17-11-25-20-18(17)19(22-12-23-20)24-16-4-2-3-14(9-16)10-21/h2-9,11-12H,1H3. The Hall–Kier alpha value is -3.23. The first-order valence-electron chi connectivity index (χ1n) is 7.72. The van der Waals surface area contributed by atoms with E-state index in [-0.39, 0.29) is 0 Å². The molecule has 4 rings (SSSR count). The van der Waals surface area contributed by atoms with Crippen LogP contribution in [-0.4, -0.2) is 9.97 Å². The van der Waals surface area contributed by atoms with Crippen LogP contribution < -0.4 is 4.74 Å². The second-order valence-corrected chi connectivity index (χ2v) is 6.47. The Bertz CT molecular complexity index is 1090. The molecule has 0 aliphatic heterocycles. The Balaban J connectivity index is 1.83. The Kier molecular flexibility index (Phi) is 3.88. The van der Waals surface area contributed by atoms with E-state index in [0.29, 0.717) is 17.2 Å². The van der Waals surface area contributed by atoms with Crippen LogP contribution in [0.2, 0.25) is 0 Å². The van der Waals surface area contributed by atoms with Crippen molar-refractivity contribution in [2.75, 3.05) is 0 Å². The monoisotopic (exact) mass is 343 g/mol. The van der Waals surface area contributed by atoms with Crippen LogP contribution in [0.15, 0.2) is 60.2 Å². The predicted molar refractivity (Wildman–Crippen MR) is 98.8 cm³/mol.